The van der Waals surface area contributed by atoms with Crippen LogP contribution in [0.15, 0.2) is 35.0 Å². The van der Waals surface area contributed by atoms with Gasteiger partial charge in [0, 0.05) is 30.8 Å². The average molecular weight is 366 g/mol. The van der Waals surface area contributed by atoms with E-state index in [4.69, 9.17) is 9.26 Å². The molecule has 0 atom stereocenters. The molecule has 3 aromatic rings. The Morgan fingerprint density at radius 2 is 1.89 bits per heavy atom. The van der Waals surface area contributed by atoms with Gasteiger partial charge in [-0.1, -0.05) is 19.0 Å². The standard InChI is InChI=1S/C20H22N4O3/c1-11(2)20-23-18(24-27-20)14-8-12(3)17(13(4)9-14)26-15-6-7-22-16(10-15)19(25)21-5/h6-11H,1-5H3,(H,21,25). The molecule has 2 aromatic heterocycles. The van der Waals surface area contributed by atoms with E-state index >= 15 is 0 Å². The van der Waals surface area contributed by atoms with Gasteiger partial charge in [-0.15, -0.1) is 0 Å². The van der Waals surface area contributed by atoms with E-state index in [1.807, 2.05) is 39.8 Å². The summed E-state index contributed by atoms with van der Waals surface area (Å²) in [5.74, 6) is 2.35. The number of nitrogens with one attached hydrogen (secondary N) is 1. The lowest BCUT2D eigenvalue weighted by Crippen LogP contribution is -2.18. The Labute approximate surface area is 157 Å². The highest BCUT2D eigenvalue weighted by atomic mass is 16.5. The van der Waals surface area contributed by atoms with Crippen molar-refractivity contribution in [3.63, 3.8) is 0 Å². The monoisotopic (exact) mass is 366 g/mol. The van der Waals surface area contributed by atoms with Gasteiger partial charge in [0.05, 0.1) is 0 Å². The van der Waals surface area contributed by atoms with Crippen LogP contribution in [0.2, 0.25) is 0 Å². The van der Waals surface area contributed by atoms with Crippen LogP contribution < -0.4 is 10.1 Å². The molecule has 0 radical (unpaired) electrons. The van der Waals surface area contributed by atoms with Gasteiger partial charge in [-0.05, 0) is 43.2 Å². The number of rotatable bonds is 5. The Hall–Kier alpha value is -3.22. The number of ether oxygens (including phenoxy) is 1. The van der Waals surface area contributed by atoms with E-state index in [2.05, 4.69) is 20.4 Å². The molecule has 0 unspecified atom stereocenters. The summed E-state index contributed by atoms with van der Waals surface area (Å²) in [4.78, 5) is 20.2. The number of carbonyl (C=O) groups excluding carboxylic acids is 1. The summed E-state index contributed by atoms with van der Waals surface area (Å²) >= 11 is 0. The maximum absolute atomic E-state index is 11.8. The molecule has 0 aliphatic heterocycles. The van der Waals surface area contributed by atoms with Crippen molar-refractivity contribution in [3.8, 4) is 22.9 Å². The molecule has 0 spiro atoms. The van der Waals surface area contributed by atoms with Gasteiger partial charge in [-0.2, -0.15) is 4.98 Å². The van der Waals surface area contributed by atoms with Crippen molar-refractivity contribution >= 4 is 5.91 Å². The molecule has 3 rings (SSSR count). The molecule has 1 N–H and O–H groups in total. The lowest BCUT2D eigenvalue weighted by atomic mass is 10.1. The molecule has 0 aliphatic carbocycles. The molecule has 7 heteroatoms. The molecule has 2 heterocycles. The van der Waals surface area contributed by atoms with Crippen molar-refractivity contribution in [2.45, 2.75) is 33.6 Å². The van der Waals surface area contributed by atoms with Gasteiger partial charge in [-0.3, -0.25) is 9.78 Å². The van der Waals surface area contributed by atoms with Crippen molar-refractivity contribution in [2.24, 2.45) is 0 Å². The Balaban J connectivity index is 1.90. The summed E-state index contributed by atoms with van der Waals surface area (Å²) in [5.41, 5.74) is 3.03. The predicted molar refractivity (Wildman–Crippen MR) is 101 cm³/mol. The summed E-state index contributed by atoms with van der Waals surface area (Å²) in [6, 6.07) is 7.24. The van der Waals surface area contributed by atoms with Gasteiger partial charge in [0.25, 0.3) is 5.91 Å². The smallest absolute Gasteiger partial charge is 0.269 e. The molecular formula is C20H22N4O3. The molecule has 0 saturated heterocycles. The number of carbonyl (C=O) groups is 1. The maximum Gasteiger partial charge on any atom is 0.269 e. The molecule has 0 fully saturated rings. The highest BCUT2D eigenvalue weighted by Gasteiger charge is 2.15. The van der Waals surface area contributed by atoms with Gasteiger partial charge in [0.15, 0.2) is 0 Å². The number of aromatic nitrogens is 3. The average Bonchev–Trinajstić information content (AvgIpc) is 3.14. The second-order valence-electron chi connectivity index (χ2n) is 6.61. The number of pyridine rings is 1. The van der Waals surface area contributed by atoms with Gasteiger partial charge >= 0.3 is 0 Å². The first-order chi connectivity index (χ1) is 12.9. The summed E-state index contributed by atoms with van der Waals surface area (Å²) in [6.45, 7) is 7.92. The fourth-order valence-electron chi connectivity index (χ4n) is 2.67. The third-order valence-corrected chi connectivity index (χ3v) is 4.07. The Bertz CT molecular complexity index is 956. The predicted octanol–water partition coefficient (Wildman–Crippen LogP) is 4.02. The number of nitrogens with zero attached hydrogens (tertiary/aromatic N) is 3. The molecule has 0 bridgehead atoms. The van der Waals surface area contributed by atoms with E-state index in [1.54, 1.807) is 25.4 Å². The topological polar surface area (TPSA) is 90.1 Å². The number of amides is 1. The highest BCUT2D eigenvalue weighted by Crippen LogP contribution is 2.33. The third-order valence-electron chi connectivity index (χ3n) is 4.07. The largest absolute Gasteiger partial charge is 0.457 e. The number of hydrogen-bond donors (Lipinski definition) is 1. The van der Waals surface area contributed by atoms with E-state index in [0.717, 1.165) is 22.4 Å². The van der Waals surface area contributed by atoms with E-state index in [-0.39, 0.29) is 11.8 Å². The SMILES string of the molecule is CNC(=O)c1cc(Oc2c(C)cc(-c3noc(C(C)C)n3)cc2C)ccn1. The summed E-state index contributed by atoms with van der Waals surface area (Å²) < 4.78 is 11.3. The van der Waals surface area contributed by atoms with Crippen LogP contribution in [0, 0.1) is 13.8 Å². The molecule has 1 amide bonds. The second kappa shape index (κ2) is 7.57. The van der Waals surface area contributed by atoms with Crippen LogP contribution >= 0.6 is 0 Å². The van der Waals surface area contributed by atoms with Crippen molar-refractivity contribution in [1.82, 2.24) is 20.4 Å². The zero-order valence-corrected chi connectivity index (χ0v) is 16.0. The third kappa shape index (κ3) is 3.97. The highest BCUT2D eigenvalue weighted by molar-refractivity contribution is 5.92. The lowest BCUT2D eigenvalue weighted by Gasteiger charge is -2.13. The molecule has 1 aromatic carbocycles. The van der Waals surface area contributed by atoms with Crippen molar-refractivity contribution in [3.05, 3.63) is 53.2 Å². The summed E-state index contributed by atoms with van der Waals surface area (Å²) in [5, 5.41) is 6.62. The minimum Gasteiger partial charge on any atom is -0.457 e. The van der Waals surface area contributed by atoms with E-state index < -0.39 is 0 Å². The zero-order chi connectivity index (χ0) is 19.6. The van der Waals surface area contributed by atoms with Crippen LogP contribution in [0.5, 0.6) is 11.5 Å². The first kappa shape index (κ1) is 18.6. The molecule has 0 aliphatic rings. The summed E-state index contributed by atoms with van der Waals surface area (Å²) in [7, 11) is 1.56. The Morgan fingerprint density at radius 3 is 2.48 bits per heavy atom. The van der Waals surface area contributed by atoms with Crippen molar-refractivity contribution in [1.29, 1.82) is 0 Å². The normalized spacial score (nSPS) is 10.9. The molecule has 0 saturated carbocycles. The zero-order valence-electron chi connectivity index (χ0n) is 16.0. The second-order valence-corrected chi connectivity index (χ2v) is 6.61. The van der Waals surface area contributed by atoms with E-state index in [1.165, 1.54) is 0 Å². The van der Waals surface area contributed by atoms with Crippen molar-refractivity contribution < 1.29 is 14.1 Å². The molecule has 27 heavy (non-hydrogen) atoms. The number of benzene rings is 1. The van der Waals surface area contributed by atoms with Gasteiger partial charge in [0.1, 0.15) is 17.2 Å². The minimum absolute atomic E-state index is 0.178. The lowest BCUT2D eigenvalue weighted by molar-refractivity contribution is 0.0958. The number of aryl methyl sites for hydroxylation is 2. The first-order valence-corrected chi connectivity index (χ1v) is 8.70. The van der Waals surface area contributed by atoms with Crippen LogP contribution in [0.1, 0.15) is 47.3 Å². The van der Waals surface area contributed by atoms with Gasteiger partial charge in [-0.25, -0.2) is 0 Å². The number of hydrogen-bond acceptors (Lipinski definition) is 6. The molecule has 7 nitrogen and oxygen atoms in total. The quantitative estimate of drug-likeness (QED) is 0.733. The maximum atomic E-state index is 11.8. The van der Waals surface area contributed by atoms with E-state index in [0.29, 0.717) is 23.2 Å². The molecular weight excluding hydrogens is 344 g/mol. The minimum atomic E-state index is -0.262. The van der Waals surface area contributed by atoms with Crippen LogP contribution in [0.3, 0.4) is 0 Å². The van der Waals surface area contributed by atoms with E-state index in [9.17, 15) is 4.79 Å². The van der Waals surface area contributed by atoms with Crippen LogP contribution in [-0.4, -0.2) is 28.1 Å². The van der Waals surface area contributed by atoms with Gasteiger partial charge in [0.2, 0.25) is 11.7 Å². The van der Waals surface area contributed by atoms with Crippen LogP contribution in [0.4, 0.5) is 0 Å². The van der Waals surface area contributed by atoms with Crippen LogP contribution in [-0.2, 0) is 0 Å². The van der Waals surface area contributed by atoms with Crippen LogP contribution in [0.25, 0.3) is 11.4 Å². The molecule has 140 valence electrons. The van der Waals surface area contributed by atoms with Gasteiger partial charge < -0.3 is 14.6 Å². The van der Waals surface area contributed by atoms with Crippen molar-refractivity contribution in [2.75, 3.05) is 7.05 Å². The summed E-state index contributed by atoms with van der Waals surface area (Å²) in [6.07, 6.45) is 1.55. The fraction of sp³-hybridized carbons (Fsp3) is 0.300. The Kier molecular flexibility index (Phi) is 5.21. The first-order valence-electron chi connectivity index (χ1n) is 8.70. The Morgan fingerprint density at radius 1 is 1.19 bits per heavy atom. The fourth-order valence-corrected chi connectivity index (χ4v) is 2.67.